The molecule has 0 spiro atoms. The van der Waals surface area contributed by atoms with Gasteiger partial charge in [-0.15, -0.1) is 0 Å². The summed E-state index contributed by atoms with van der Waals surface area (Å²) in [5, 5.41) is 12.2. The molecule has 0 radical (unpaired) electrons. The molecule has 110 valence electrons. The summed E-state index contributed by atoms with van der Waals surface area (Å²) < 4.78 is 0.826. The number of hydrogen-bond donors (Lipinski definition) is 2. The van der Waals surface area contributed by atoms with Crippen LogP contribution >= 0.6 is 15.9 Å². The van der Waals surface area contributed by atoms with Gasteiger partial charge in [0.05, 0.1) is 5.69 Å². The molecule has 0 bridgehead atoms. The zero-order valence-corrected chi connectivity index (χ0v) is 13.4. The van der Waals surface area contributed by atoms with E-state index in [0.29, 0.717) is 11.1 Å². The molecule has 1 amide bonds. The molecule has 2 N–H and O–H groups in total. The third-order valence-corrected chi connectivity index (χ3v) is 4.80. The average molecular weight is 357 g/mol. The Morgan fingerprint density at radius 1 is 1.18 bits per heavy atom. The first-order chi connectivity index (χ1) is 10.5. The number of hydrogen-bond acceptors (Lipinski definition) is 2. The molecule has 5 heteroatoms. The summed E-state index contributed by atoms with van der Waals surface area (Å²) >= 11 is 3.42. The standard InChI is InChI=1S/C17H13BrN2O2/c1-20-15-7-6-10(18)8-12(15)17(22,16(20)21)13-9-19-14-5-3-2-4-11(13)14/h2-9,19,22H,1H3/t17-/m1/s1. The maximum Gasteiger partial charge on any atom is 0.268 e. The van der Waals surface area contributed by atoms with Crippen LogP contribution in [0.1, 0.15) is 11.1 Å². The van der Waals surface area contributed by atoms with Crippen molar-refractivity contribution in [2.24, 2.45) is 0 Å². The Balaban J connectivity index is 2.05. The van der Waals surface area contributed by atoms with Gasteiger partial charge in [-0.3, -0.25) is 4.79 Å². The normalized spacial score (nSPS) is 20.7. The van der Waals surface area contributed by atoms with Crippen molar-refractivity contribution in [3.8, 4) is 0 Å². The number of carbonyl (C=O) groups is 1. The molecule has 0 unspecified atom stereocenters. The number of aliphatic hydroxyl groups is 1. The predicted octanol–water partition coefficient (Wildman–Crippen LogP) is 3.14. The monoisotopic (exact) mass is 356 g/mol. The average Bonchev–Trinajstić information content (AvgIpc) is 3.03. The molecule has 2 aromatic carbocycles. The van der Waals surface area contributed by atoms with Crippen molar-refractivity contribution in [3.05, 3.63) is 64.3 Å². The lowest BCUT2D eigenvalue weighted by Crippen LogP contribution is -2.39. The fourth-order valence-electron chi connectivity index (χ4n) is 3.19. The third-order valence-electron chi connectivity index (χ3n) is 4.30. The van der Waals surface area contributed by atoms with Crippen LogP contribution in [0, 0.1) is 0 Å². The van der Waals surface area contributed by atoms with Gasteiger partial charge in [-0.05, 0) is 24.3 Å². The van der Waals surface area contributed by atoms with Crippen LogP contribution < -0.4 is 4.90 Å². The molecular weight excluding hydrogens is 344 g/mol. The lowest BCUT2D eigenvalue weighted by Gasteiger charge is -2.21. The van der Waals surface area contributed by atoms with E-state index in [4.69, 9.17) is 0 Å². The molecule has 4 nitrogen and oxygen atoms in total. The van der Waals surface area contributed by atoms with Crippen molar-refractivity contribution in [3.63, 3.8) is 0 Å². The van der Waals surface area contributed by atoms with Crippen LogP contribution in [0.3, 0.4) is 0 Å². The quantitative estimate of drug-likeness (QED) is 0.703. The van der Waals surface area contributed by atoms with Crippen LogP contribution in [0.15, 0.2) is 53.1 Å². The van der Waals surface area contributed by atoms with E-state index in [1.807, 2.05) is 36.4 Å². The molecule has 0 aliphatic carbocycles. The Morgan fingerprint density at radius 2 is 1.95 bits per heavy atom. The maximum absolute atomic E-state index is 12.8. The highest BCUT2D eigenvalue weighted by Gasteiger charge is 2.51. The molecule has 0 fully saturated rings. The van der Waals surface area contributed by atoms with E-state index in [1.54, 1.807) is 19.3 Å². The van der Waals surface area contributed by atoms with E-state index in [1.165, 1.54) is 4.90 Å². The highest BCUT2D eigenvalue weighted by molar-refractivity contribution is 9.10. The Morgan fingerprint density at radius 3 is 2.77 bits per heavy atom. The molecule has 2 heterocycles. The Kier molecular flexibility index (Phi) is 2.74. The van der Waals surface area contributed by atoms with Crippen molar-refractivity contribution in [1.29, 1.82) is 0 Å². The van der Waals surface area contributed by atoms with E-state index in [9.17, 15) is 9.90 Å². The molecule has 1 aromatic heterocycles. The number of aromatic nitrogens is 1. The number of nitrogens with one attached hydrogen (secondary N) is 1. The van der Waals surface area contributed by atoms with Crippen molar-refractivity contribution in [1.82, 2.24) is 4.98 Å². The fraction of sp³-hybridized carbons (Fsp3) is 0.118. The fourth-order valence-corrected chi connectivity index (χ4v) is 3.55. The minimum Gasteiger partial charge on any atom is -0.372 e. The molecule has 0 saturated heterocycles. The second-order valence-electron chi connectivity index (χ2n) is 5.48. The number of H-pyrrole nitrogens is 1. The first kappa shape index (κ1) is 13.5. The van der Waals surface area contributed by atoms with E-state index in [0.717, 1.165) is 21.1 Å². The number of benzene rings is 2. The lowest BCUT2D eigenvalue weighted by atomic mass is 9.87. The van der Waals surface area contributed by atoms with Crippen molar-refractivity contribution in [2.45, 2.75) is 5.60 Å². The van der Waals surface area contributed by atoms with Gasteiger partial charge in [0.25, 0.3) is 5.91 Å². The van der Waals surface area contributed by atoms with Crippen molar-refractivity contribution < 1.29 is 9.90 Å². The minimum atomic E-state index is -1.67. The maximum atomic E-state index is 12.8. The van der Waals surface area contributed by atoms with Gasteiger partial charge in [-0.25, -0.2) is 0 Å². The van der Waals surface area contributed by atoms with Gasteiger partial charge in [0.15, 0.2) is 5.60 Å². The number of fused-ring (bicyclic) bond motifs is 2. The number of amides is 1. The number of halogens is 1. The molecule has 1 aliphatic heterocycles. The zero-order chi connectivity index (χ0) is 15.5. The molecule has 1 atom stereocenters. The summed E-state index contributed by atoms with van der Waals surface area (Å²) in [5.41, 5.74) is 1.12. The largest absolute Gasteiger partial charge is 0.372 e. The second kappa shape index (κ2) is 4.44. The molecule has 0 saturated carbocycles. The molecular formula is C17H13BrN2O2. The van der Waals surface area contributed by atoms with Crippen LogP contribution in [0.25, 0.3) is 10.9 Å². The van der Waals surface area contributed by atoms with E-state index in [-0.39, 0.29) is 5.91 Å². The third kappa shape index (κ3) is 1.58. The molecule has 3 aromatic rings. The first-order valence-electron chi connectivity index (χ1n) is 6.90. The van der Waals surface area contributed by atoms with E-state index in [2.05, 4.69) is 20.9 Å². The highest BCUT2D eigenvalue weighted by Crippen LogP contribution is 2.46. The summed E-state index contributed by atoms with van der Waals surface area (Å²) in [6.07, 6.45) is 1.71. The summed E-state index contributed by atoms with van der Waals surface area (Å²) in [7, 11) is 1.68. The van der Waals surface area contributed by atoms with Gasteiger partial charge in [-0.1, -0.05) is 34.1 Å². The number of likely N-dealkylation sites (N-methyl/N-ethyl adjacent to an activating group) is 1. The number of nitrogens with zero attached hydrogens (tertiary/aromatic N) is 1. The van der Waals surface area contributed by atoms with E-state index >= 15 is 0 Å². The second-order valence-corrected chi connectivity index (χ2v) is 6.40. The number of carbonyl (C=O) groups excluding carboxylic acids is 1. The number of aromatic amines is 1. The molecule has 1 aliphatic rings. The SMILES string of the molecule is CN1C(=O)[C@](O)(c2c[nH]c3ccccc23)c2cc(Br)ccc21. The van der Waals surface area contributed by atoms with Crippen molar-refractivity contribution >= 4 is 38.4 Å². The number of rotatable bonds is 1. The van der Waals surface area contributed by atoms with Gasteiger partial charge >= 0.3 is 0 Å². The summed E-state index contributed by atoms with van der Waals surface area (Å²) in [6, 6.07) is 13.1. The topological polar surface area (TPSA) is 56.3 Å². The zero-order valence-electron chi connectivity index (χ0n) is 11.8. The highest BCUT2D eigenvalue weighted by atomic mass is 79.9. The Hall–Kier alpha value is -2.11. The lowest BCUT2D eigenvalue weighted by molar-refractivity contribution is -0.131. The Labute approximate surface area is 135 Å². The summed E-state index contributed by atoms with van der Waals surface area (Å²) in [6.45, 7) is 0. The molecule has 4 rings (SSSR count). The van der Waals surface area contributed by atoms with E-state index < -0.39 is 5.60 Å². The summed E-state index contributed by atoms with van der Waals surface area (Å²) in [5.74, 6) is -0.342. The first-order valence-corrected chi connectivity index (χ1v) is 7.70. The van der Waals surface area contributed by atoms with Gasteiger partial charge in [0.1, 0.15) is 0 Å². The van der Waals surface area contributed by atoms with Crippen LogP contribution in [-0.2, 0) is 10.4 Å². The van der Waals surface area contributed by atoms with Gasteiger partial charge in [0, 0.05) is 39.7 Å². The van der Waals surface area contributed by atoms with Gasteiger partial charge in [0.2, 0.25) is 0 Å². The predicted molar refractivity (Wildman–Crippen MR) is 88.8 cm³/mol. The van der Waals surface area contributed by atoms with Gasteiger partial charge < -0.3 is 15.0 Å². The van der Waals surface area contributed by atoms with Crippen LogP contribution in [0.2, 0.25) is 0 Å². The summed E-state index contributed by atoms with van der Waals surface area (Å²) in [4.78, 5) is 17.4. The molecule has 22 heavy (non-hydrogen) atoms. The number of para-hydroxylation sites is 1. The van der Waals surface area contributed by atoms with Gasteiger partial charge in [-0.2, -0.15) is 0 Å². The minimum absolute atomic E-state index is 0.342. The Bertz CT molecular complexity index is 918. The van der Waals surface area contributed by atoms with Crippen molar-refractivity contribution in [2.75, 3.05) is 11.9 Å². The smallest absolute Gasteiger partial charge is 0.268 e. The van der Waals surface area contributed by atoms with Crippen LogP contribution in [0.4, 0.5) is 5.69 Å². The number of anilines is 1. The van der Waals surface area contributed by atoms with Crippen LogP contribution in [-0.4, -0.2) is 23.0 Å². The van der Waals surface area contributed by atoms with Crippen LogP contribution in [0.5, 0.6) is 0 Å².